The fraction of sp³-hybridized carbons (Fsp3) is 0.500. The normalized spacial score (nSPS) is 16.4. The van der Waals surface area contributed by atoms with Gasteiger partial charge in [0.05, 0.1) is 5.69 Å². The molecule has 2 aliphatic heterocycles. The van der Waals surface area contributed by atoms with Gasteiger partial charge in [-0.1, -0.05) is 18.2 Å². The number of nitrogens with zero attached hydrogens (tertiary/aromatic N) is 4. The van der Waals surface area contributed by atoms with E-state index in [-0.39, 0.29) is 24.0 Å². The average molecular weight is 497 g/mol. The van der Waals surface area contributed by atoms with Crippen molar-refractivity contribution in [2.45, 2.75) is 32.6 Å². The van der Waals surface area contributed by atoms with Crippen LogP contribution in [0.4, 0.5) is 10.8 Å². The van der Waals surface area contributed by atoms with Crippen LogP contribution in [0.15, 0.2) is 34.6 Å². The number of aromatic nitrogens is 1. The van der Waals surface area contributed by atoms with Crippen molar-refractivity contribution in [3.63, 3.8) is 0 Å². The number of thiazole rings is 1. The number of halogens is 1. The number of anilines is 2. The molecular weight excluding hydrogens is 469 g/mol. The van der Waals surface area contributed by atoms with Gasteiger partial charge < -0.3 is 15.1 Å². The Kier molecular flexibility index (Phi) is 7.34. The molecule has 2 aromatic rings. The third kappa shape index (κ3) is 4.74. The van der Waals surface area contributed by atoms with E-state index in [1.54, 1.807) is 11.3 Å². The minimum atomic E-state index is 0. The standard InChI is InChI=1S/C20H27N5S.HI/c1-2-21-19(25-14-10-16-7-3-4-8-18(16)25)22-11-9-17-15-26-20(23-17)24-12-5-6-13-24;/h3-4,7-8,15H,2,5-6,9-14H2,1H3,(H,21,22);1H. The average Bonchev–Trinajstić information content (AvgIpc) is 3.40. The van der Waals surface area contributed by atoms with E-state index >= 15 is 0 Å². The summed E-state index contributed by atoms with van der Waals surface area (Å²) >= 11 is 1.77. The minimum absolute atomic E-state index is 0. The Morgan fingerprint density at radius 1 is 1.22 bits per heavy atom. The molecular formula is C20H28IN5S. The second-order valence-corrected chi connectivity index (χ2v) is 7.67. The van der Waals surface area contributed by atoms with Gasteiger partial charge in [-0.05, 0) is 37.8 Å². The van der Waals surface area contributed by atoms with Gasteiger partial charge in [0.25, 0.3) is 0 Å². The van der Waals surface area contributed by atoms with Gasteiger partial charge >= 0.3 is 0 Å². The van der Waals surface area contributed by atoms with Gasteiger partial charge in [0.2, 0.25) is 0 Å². The maximum absolute atomic E-state index is 4.88. The third-order valence-corrected chi connectivity index (χ3v) is 5.97. The number of nitrogens with one attached hydrogen (secondary N) is 1. The lowest BCUT2D eigenvalue weighted by atomic mass is 10.2. The predicted molar refractivity (Wildman–Crippen MR) is 126 cm³/mol. The first-order valence-corrected chi connectivity index (χ1v) is 10.6. The van der Waals surface area contributed by atoms with E-state index < -0.39 is 0 Å². The summed E-state index contributed by atoms with van der Waals surface area (Å²) in [5.41, 5.74) is 3.86. The molecule has 27 heavy (non-hydrogen) atoms. The Balaban J connectivity index is 0.00000210. The number of guanidine groups is 1. The molecule has 1 fully saturated rings. The highest BCUT2D eigenvalue weighted by Crippen LogP contribution is 2.27. The Hall–Kier alpha value is -1.35. The quantitative estimate of drug-likeness (QED) is 0.386. The third-order valence-electron chi connectivity index (χ3n) is 5.02. The molecule has 7 heteroatoms. The van der Waals surface area contributed by atoms with Crippen LogP contribution in [0.3, 0.4) is 0 Å². The maximum Gasteiger partial charge on any atom is 0.198 e. The van der Waals surface area contributed by atoms with E-state index in [1.807, 2.05) is 0 Å². The van der Waals surface area contributed by atoms with E-state index in [1.165, 1.54) is 34.9 Å². The SMILES string of the molecule is CCNC(=NCCc1csc(N2CCCC2)n1)N1CCc2ccccc21.I. The molecule has 4 rings (SSSR count). The monoisotopic (exact) mass is 497 g/mol. The summed E-state index contributed by atoms with van der Waals surface area (Å²) in [5, 5.41) is 6.83. The Bertz CT molecular complexity index is 769. The maximum atomic E-state index is 4.88. The molecule has 0 bridgehead atoms. The predicted octanol–water partition coefficient (Wildman–Crippen LogP) is 3.93. The van der Waals surface area contributed by atoms with E-state index in [0.717, 1.165) is 51.5 Å². The zero-order valence-electron chi connectivity index (χ0n) is 15.9. The van der Waals surface area contributed by atoms with Gasteiger partial charge in [0.1, 0.15) is 0 Å². The number of aliphatic imine (C=N–C) groups is 1. The molecule has 1 aromatic heterocycles. The number of benzene rings is 1. The summed E-state index contributed by atoms with van der Waals surface area (Å²) in [7, 11) is 0. The van der Waals surface area contributed by atoms with E-state index in [2.05, 4.69) is 51.7 Å². The van der Waals surface area contributed by atoms with Crippen LogP contribution in [0.2, 0.25) is 0 Å². The van der Waals surface area contributed by atoms with Crippen LogP contribution in [-0.2, 0) is 12.8 Å². The lowest BCUT2D eigenvalue weighted by molar-refractivity contribution is 0.861. The first-order valence-electron chi connectivity index (χ1n) is 9.68. The molecule has 1 saturated heterocycles. The van der Waals surface area contributed by atoms with Crippen LogP contribution in [0.5, 0.6) is 0 Å². The van der Waals surface area contributed by atoms with Gasteiger partial charge in [-0.2, -0.15) is 0 Å². The fourth-order valence-corrected chi connectivity index (χ4v) is 4.61. The van der Waals surface area contributed by atoms with Crippen molar-refractivity contribution in [2.24, 2.45) is 4.99 Å². The van der Waals surface area contributed by atoms with Crippen molar-refractivity contribution < 1.29 is 0 Å². The van der Waals surface area contributed by atoms with Crippen LogP contribution in [0.25, 0.3) is 0 Å². The Morgan fingerprint density at radius 3 is 2.85 bits per heavy atom. The van der Waals surface area contributed by atoms with Gasteiger partial charge in [-0.25, -0.2) is 4.98 Å². The second kappa shape index (κ2) is 9.73. The number of para-hydroxylation sites is 1. The fourth-order valence-electron chi connectivity index (χ4n) is 3.69. The highest BCUT2D eigenvalue weighted by molar-refractivity contribution is 14.0. The molecule has 146 valence electrons. The molecule has 0 aliphatic carbocycles. The molecule has 0 radical (unpaired) electrons. The molecule has 3 heterocycles. The Morgan fingerprint density at radius 2 is 2.04 bits per heavy atom. The van der Waals surface area contributed by atoms with Gasteiger partial charge in [0, 0.05) is 50.2 Å². The highest BCUT2D eigenvalue weighted by Gasteiger charge is 2.22. The van der Waals surface area contributed by atoms with Crippen LogP contribution in [0.1, 0.15) is 31.0 Å². The van der Waals surface area contributed by atoms with Crippen molar-refractivity contribution in [3.8, 4) is 0 Å². The lowest BCUT2D eigenvalue weighted by Gasteiger charge is -2.22. The molecule has 0 atom stereocenters. The van der Waals surface area contributed by atoms with Crippen LogP contribution in [0, 0.1) is 0 Å². The largest absolute Gasteiger partial charge is 0.356 e. The van der Waals surface area contributed by atoms with Crippen molar-refractivity contribution in [2.75, 3.05) is 42.5 Å². The van der Waals surface area contributed by atoms with Crippen LogP contribution < -0.4 is 15.1 Å². The van der Waals surface area contributed by atoms with E-state index in [4.69, 9.17) is 9.98 Å². The van der Waals surface area contributed by atoms with Crippen LogP contribution in [-0.4, -0.2) is 43.7 Å². The zero-order chi connectivity index (χ0) is 17.8. The molecule has 0 spiro atoms. The molecule has 0 saturated carbocycles. The summed E-state index contributed by atoms with van der Waals surface area (Å²) < 4.78 is 0. The summed E-state index contributed by atoms with van der Waals surface area (Å²) in [5.74, 6) is 0.993. The Labute approximate surface area is 182 Å². The number of hydrogen-bond donors (Lipinski definition) is 1. The number of fused-ring (bicyclic) bond motifs is 1. The van der Waals surface area contributed by atoms with Gasteiger partial charge in [-0.15, -0.1) is 35.3 Å². The molecule has 0 unspecified atom stereocenters. The second-order valence-electron chi connectivity index (χ2n) is 6.83. The summed E-state index contributed by atoms with van der Waals surface area (Å²) in [6.07, 6.45) is 4.58. The molecule has 2 aliphatic rings. The highest BCUT2D eigenvalue weighted by atomic mass is 127. The lowest BCUT2D eigenvalue weighted by Crippen LogP contribution is -2.40. The number of rotatable bonds is 5. The van der Waals surface area contributed by atoms with E-state index in [0.29, 0.717) is 0 Å². The number of hydrogen-bond acceptors (Lipinski definition) is 4. The minimum Gasteiger partial charge on any atom is -0.356 e. The van der Waals surface area contributed by atoms with Crippen molar-refractivity contribution in [1.82, 2.24) is 10.3 Å². The topological polar surface area (TPSA) is 43.8 Å². The van der Waals surface area contributed by atoms with Crippen LogP contribution >= 0.6 is 35.3 Å². The van der Waals surface area contributed by atoms with E-state index in [9.17, 15) is 0 Å². The smallest absolute Gasteiger partial charge is 0.198 e. The zero-order valence-corrected chi connectivity index (χ0v) is 19.0. The molecule has 1 aromatic carbocycles. The summed E-state index contributed by atoms with van der Waals surface area (Å²) in [6.45, 7) is 7.09. The van der Waals surface area contributed by atoms with Gasteiger partial charge in [-0.3, -0.25) is 4.99 Å². The summed E-state index contributed by atoms with van der Waals surface area (Å²) in [4.78, 5) is 14.4. The molecule has 1 N–H and O–H groups in total. The van der Waals surface area contributed by atoms with Crippen molar-refractivity contribution >= 4 is 52.1 Å². The van der Waals surface area contributed by atoms with Gasteiger partial charge in [0.15, 0.2) is 11.1 Å². The first-order chi connectivity index (χ1) is 12.8. The summed E-state index contributed by atoms with van der Waals surface area (Å²) in [6, 6.07) is 8.63. The first kappa shape index (κ1) is 20.4. The van der Waals surface area contributed by atoms with Crippen molar-refractivity contribution in [1.29, 1.82) is 0 Å². The van der Waals surface area contributed by atoms with Crippen molar-refractivity contribution in [3.05, 3.63) is 40.9 Å². The molecule has 5 nitrogen and oxygen atoms in total. The molecule has 0 amide bonds.